The van der Waals surface area contributed by atoms with Gasteiger partial charge in [0, 0.05) is 6.42 Å². The van der Waals surface area contributed by atoms with Crippen LogP contribution < -0.4 is 0 Å². The Labute approximate surface area is 217 Å². The molecule has 10 nitrogen and oxygen atoms in total. The molecule has 5 rings (SSSR count). The molecule has 0 bridgehead atoms. The molecular weight excluding hydrogens is 494 g/mol. The predicted octanol–water partition coefficient (Wildman–Crippen LogP) is 3.93. The number of ether oxygens (including phenoxy) is 3. The van der Waals surface area contributed by atoms with Crippen molar-refractivity contribution in [1.29, 1.82) is 0 Å². The molecule has 0 aliphatic carbocycles. The van der Waals surface area contributed by atoms with E-state index in [4.69, 9.17) is 14.2 Å². The summed E-state index contributed by atoms with van der Waals surface area (Å²) in [5, 5.41) is 12.6. The highest BCUT2D eigenvalue weighted by atomic mass is 32.2. The zero-order valence-corrected chi connectivity index (χ0v) is 21.3. The Kier molecular flexibility index (Phi) is 7.15. The first kappa shape index (κ1) is 24.8. The number of benzene rings is 2. The monoisotopic (exact) mass is 519 g/mol. The number of esters is 2. The number of aryl methyl sites for hydroxylation is 2. The fourth-order valence-corrected chi connectivity index (χ4v) is 4.53. The van der Waals surface area contributed by atoms with Crippen LogP contribution >= 0.6 is 11.8 Å². The lowest BCUT2D eigenvalue weighted by molar-refractivity contribution is -0.0563. The van der Waals surface area contributed by atoms with Gasteiger partial charge in [0.05, 0.1) is 17.5 Å². The molecule has 11 heteroatoms. The molecule has 1 fully saturated rings. The second kappa shape index (κ2) is 10.7. The second-order valence-electron chi connectivity index (χ2n) is 8.76. The highest BCUT2D eigenvalue weighted by Crippen LogP contribution is 2.34. The number of nitrogens with zero attached hydrogens (tertiary/aromatic N) is 5. The number of imidazole rings is 1. The number of thioether (sulfide) groups is 1. The maximum atomic E-state index is 12.9. The van der Waals surface area contributed by atoms with Crippen LogP contribution in [0, 0.1) is 13.8 Å². The van der Waals surface area contributed by atoms with Gasteiger partial charge in [-0.25, -0.2) is 14.6 Å². The highest BCUT2D eigenvalue weighted by Gasteiger charge is 2.40. The minimum Gasteiger partial charge on any atom is -0.459 e. The zero-order chi connectivity index (χ0) is 25.9. The Bertz CT molecular complexity index is 1420. The largest absolute Gasteiger partial charge is 0.459 e. The summed E-state index contributed by atoms with van der Waals surface area (Å²) in [5.41, 5.74) is 4.05. The van der Waals surface area contributed by atoms with Gasteiger partial charge in [-0.3, -0.25) is 4.57 Å². The third kappa shape index (κ3) is 5.32. The fourth-order valence-electron chi connectivity index (χ4n) is 4.08. The van der Waals surface area contributed by atoms with E-state index in [2.05, 4.69) is 20.4 Å². The molecule has 2 aromatic carbocycles. The number of rotatable bonds is 7. The molecule has 1 aliphatic rings. The van der Waals surface area contributed by atoms with Gasteiger partial charge in [0.25, 0.3) is 0 Å². The summed E-state index contributed by atoms with van der Waals surface area (Å²) in [7, 11) is 0. The normalized spacial score (nSPS) is 19.2. The smallest absolute Gasteiger partial charge is 0.338 e. The molecule has 0 saturated carbocycles. The summed E-state index contributed by atoms with van der Waals surface area (Å²) in [6.45, 7) is 3.79. The van der Waals surface area contributed by atoms with Crippen LogP contribution in [0.4, 0.5) is 0 Å². The average Bonchev–Trinajstić information content (AvgIpc) is 3.52. The average molecular weight is 520 g/mol. The summed E-state index contributed by atoms with van der Waals surface area (Å²) in [6.07, 6.45) is 1.88. The van der Waals surface area contributed by atoms with Gasteiger partial charge in [-0.15, -0.1) is 22.0 Å². The Morgan fingerprint density at radius 3 is 2.30 bits per heavy atom. The van der Waals surface area contributed by atoms with Crippen molar-refractivity contribution in [3.63, 3.8) is 0 Å². The summed E-state index contributed by atoms with van der Waals surface area (Å²) < 4.78 is 19.4. The van der Waals surface area contributed by atoms with Crippen molar-refractivity contribution in [3.8, 4) is 0 Å². The van der Waals surface area contributed by atoms with E-state index in [1.807, 2.05) is 44.4 Å². The van der Waals surface area contributed by atoms with Gasteiger partial charge in [0.15, 0.2) is 5.65 Å². The Morgan fingerprint density at radius 1 is 1.00 bits per heavy atom. The molecular formula is C26H25N5O5S. The molecule has 4 aromatic rings. The van der Waals surface area contributed by atoms with Gasteiger partial charge in [0.1, 0.15) is 35.6 Å². The van der Waals surface area contributed by atoms with Crippen LogP contribution in [0.3, 0.4) is 0 Å². The Hall–Kier alpha value is -3.83. The van der Waals surface area contributed by atoms with Crippen molar-refractivity contribution in [2.75, 3.05) is 12.9 Å². The summed E-state index contributed by atoms with van der Waals surface area (Å²) in [4.78, 5) is 29.9. The number of aromatic nitrogens is 5. The van der Waals surface area contributed by atoms with Crippen LogP contribution in [0.25, 0.3) is 11.2 Å². The van der Waals surface area contributed by atoms with Crippen molar-refractivity contribution in [2.24, 2.45) is 0 Å². The van der Waals surface area contributed by atoms with Crippen molar-refractivity contribution in [2.45, 2.75) is 43.7 Å². The molecule has 3 heterocycles. The summed E-state index contributed by atoms with van der Waals surface area (Å²) in [6, 6.07) is 14.2. The third-order valence-corrected chi connectivity index (χ3v) is 6.80. The van der Waals surface area contributed by atoms with Crippen LogP contribution in [0.1, 0.15) is 44.5 Å². The molecule has 3 atom stereocenters. The van der Waals surface area contributed by atoms with Gasteiger partial charge in [-0.1, -0.05) is 35.4 Å². The van der Waals surface area contributed by atoms with Gasteiger partial charge in [-0.05, 0) is 49.6 Å². The van der Waals surface area contributed by atoms with E-state index >= 15 is 0 Å². The van der Waals surface area contributed by atoms with Crippen LogP contribution in [0.5, 0.6) is 0 Å². The SMILES string of the molecule is CSc1nnnc2c1ncn2[C@H]1C[C@H](OC(=O)c2ccc(C)cc2)[C@@H](COC(=O)c2ccc(C)cc2)O1. The molecule has 2 aromatic heterocycles. The van der Waals surface area contributed by atoms with Gasteiger partial charge in [0.2, 0.25) is 0 Å². The topological polar surface area (TPSA) is 118 Å². The Morgan fingerprint density at radius 2 is 1.65 bits per heavy atom. The maximum absolute atomic E-state index is 12.9. The van der Waals surface area contributed by atoms with Crippen LogP contribution in [0.2, 0.25) is 0 Å². The molecule has 1 aliphatic heterocycles. The Balaban J connectivity index is 1.36. The first-order valence-corrected chi connectivity index (χ1v) is 12.9. The van der Waals surface area contributed by atoms with Gasteiger partial charge in [-0.2, -0.15) is 0 Å². The summed E-state index contributed by atoms with van der Waals surface area (Å²) >= 11 is 1.42. The quantitative estimate of drug-likeness (QED) is 0.262. The molecule has 1 saturated heterocycles. The molecule has 37 heavy (non-hydrogen) atoms. The highest BCUT2D eigenvalue weighted by molar-refractivity contribution is 7.98. The molecule has 0 amide bonds. The van der Waals surface area contributed by atoms with Crippen molar-refractivity contribution >= 4 is 34.9 Å². The van der Waals surface area contributed by atoms with E-state index in [1.165, 1.54) is 11.8 Å². The fraction of sp³-hybridized carbons (Fsp3) is 0.308. The molecule has 0 radical (unpaired) electrons. The van der Waals surface area contributed by atoms with Crippen LogP contribution in [0.15, 0.2) is 59.9 Å². The molecule has 190 valence electrons. The molecule has 0 spiro atoms. The maximum Gasteiger partial charge on any atom is 0.338 e. The van der Waals surface area contributed by atoms with Gasteiger partial charge < -0.3 is 14.2 Å². The first-order chi connectivity index (χ1) is 17.9. The lowest BCUT2D eigenvalue weighted by Crippen LogP contribution is -2.32. The number of carbonyl (C=O) groups excluding carboxylic acids is 2. The second-order valence-corrected chi connectivity index (χ2v) is 9.56. The van der Waals surface area contributed by atoms with E-state index in [0.717, 1.165) is 11.1 Å². The van der Waals surface area contributed by atoms with Crippen LogP contribution in [-0.2, 0) is 14.2 Å². The first-order valence-electron chi connectivity index (χ1n) is 11.7. The number of hydrogen-bond donors (Lipinski definition) is 0. The van der Waals surface area contributed by atoms with E-state index < -0.39 is 30.4 Å². The number of hydrogen-bond acceptors (Lipinski definition) is 10. The van der Waals surface area contributed by atoms with E-state index in [1.54, 1.807) is 35.2 Å². The minimum absolute atomic E-state index is 0.0923. The number of fused-ring (bicyclic) bond motifs is 1. The minimum atomic E-state index is -0.693. The standard InChI is InChI=1S/C26H25N5O5S/c1-15-4-8-17(9-5-15)25(32)34-13-20-19(36-26(33)18-10-6-16(2)7-11-18)12-21(35-20)31-14-27-22-23(31)28-30-29-24(22)37-3/h4-11,14,19-21H,12-13H2,1-3H3/t19-,20+,21+/m0/s1. The lowest BCUT2D eigenvalue weighted by Gasteiger charge is -2.19. The summed E-state index contributed by atoms with van der Waals surface area (Å²) in [5.74, 6) is -0.960. The van der Waals surface area contributed by atoms with Gasteiger partial charge >= 0.3 is 11.9 Å². The molecule has 0 N–H and O–H groups in total. The van der Waals surface area contributed by atoms with Crippen LogP contribution in [-0.4, -0.2) is 62.0 Å². The van der Waals surface area contributed by atoms with E-state index in [-0.39, 0.29) is 6.61 Å². The third-order valence-electron chi connectivity index (χ3n) is 6.14. The number of carbonyl (C=O) groups is 2. The van der Waals surface area contributed by atoms with E-state index in [0.29, 0.717) is 33.7 Å². The van der Waals surface area contributed by atoms with Crippen molar-refractivity contribution < 1.29 is 23.8 Å². The predicted molar refractivity (Wildman–Crippen MR) is 135 cm³/mol. The van der Waals surface area contributed by atoms with Crippen molar-refractivity contribution in [1.82, 2.24) is 25.0 Å². The molecule has 0 unspecified atom stereocenters. The lowest BCUT2D eigenvalue weighted by atomic mass is 10.1. The van der Waals surface area contributed by atoms with E-state index in [9.17, 15) is 9.59 Å². The zero-order valence-electron chi connectivity index (χ0n) is 20.5. The van der Waals surface area contributed by atoms with Crippen molar-refractivity contribution in [3.05, 3.63) is 77.1 Å².